The van der Waals surface area contributed by atoms with E-state index in [9.17, 15) is 0 Å². The molecule has 1 aliphatic rings. The summed E-state index contributed by atoms with van der Waals surface area (Å²) in [7, 11) is 8.92. The summed E-state index contributed by atoms with van der Waals surface area (Å²) in [6.07, 6.45) is 1.14. The van der Waals surface area contributed by atoms with Crippen molar-refractivity contribution in [2.24, 2.45) is 10.9 Å². The molecule has 168 valence electrons. The minimum atomic E-state index is 0.547. The highest BCUT2D eigenvalue weighted by molar-refractivity contribution is 5.79. The number of ether oxygens (including phenoxy) is 3. The zero-order chi connectivity index (χ0) is 22.2. The lowest BCUT2D eigenvalue weighted by Crippen LogP contribution is -2.41. The topological polar surface area (TPSA) is 58.6 Å². The molecule has 7 nitrogen and oxygen atoms in total. The van der Waals surface area contributed by atoms with Crippen LogP contribution in [-0.2, 0) is 6.54 Å². The molecule has 1 unspecified atom stereocenters. The number of methoxy groups -OCH3 is 3. The molecule has 1 atom stereocenters. The van der Waals surface area contributed by atoms with Crippen LogP contribution in [0.5, 0.6) is 17.2 Å². The van der Waals surface area contributed by atoms with Crippen LogP contribution in [0.1, 0.15) is 12.0 Å². The second kappa shape index (κ2) is 10.8. The maximum atomic E-state index is 5.53. The van der Waals surface area contributed by atoms with Crippen LogP contribution in [0.2, 0.25) is 0 Å². The molecule has 2 aromatic rings. The van der Waals surface area contributed by atoms with Crippen molar-refractivity contribution in [3.05, 3.63) is 48.0 Å². The van der Waals surface area contributed by atoms with Crippen LogP contribution < -0.4 is 24.4 Å². The lowest BCUT2D eigenvalue weighted by atomic mass is 10.1. The number of hydrogen-bond donors (Lipinski definition) is 1. The van der Waals surface area contributed by atoms with Crippen LogP contribution in [0, 0.1) is 5.92 Å². The third kappa shape index (κ3) is 5.54. The second-order valence-corrected chi connectivity index (χ2v) is 7.73. The highest BCUT2D eigenvalue weighted by Crippen LogP contribution is 2.31. The molecule has 31 heavy (non-hydrogen) atoms. The fraction of sp³-hybridized carbons (Fsp3) is 0.458. The number of benzene rings is 2. The Kier molecular flexibility index (Phi) is 7.87. The molecule has 0 saturated carbocycles. The van der Waals surface area contributed by atoms with Gasteiger partial charge in [-0.2, -0.15) is 0 Å². The van der Waals surface area contributed by atoms with Gasteiger partial charge in [-0.3, -0.25) is 4.99 Å². The van der Waals surface area contributed by atoms with Crippen molar-refractivity contribution < 1.29 is 14.2 Å². The molecular formula is C24H34N4O3. The fourth-order valence-corrected chi connectivity index (χ4v) is 4.04. The van der Waals surface area contributed by atoms with Gasteiger partial charge in [-0.05, 0) is 36.6 Å². The van der Waals surface area contributed by atoms with Crippen LogP contribution in [0.25, 0.3) is 0 Å². The second-order valence-electron chi connectivity index (χ2n) is 7.73. The van der Waals surface area contributed by atoms with E-state index in [4.69, 9.17) is 14.2 Å². The summed E-state index contributed by atoms with van der Waals surface area (Å²) in [6.45, 7) is 3.60. The van der Waals surface area contributed by atoms with E-state index >= 15 is 0 Å². The maximum Gasteiger partial charge on any atom is 0.193 e. The standard InChI is InChI=1S/C24H34N4O3/c1-25-24(27(2)17-19-10-11-20(29-3)14-23(19)31-5)26-15-18-12-13-28(16-18)21-8-6-7-9-22(21)30-4/h6-11,14,18H,12-13,15-17H2,1-5H3,(H,25,26). The SMILES string of the molecule is CN=C(NCC1CCN(c2ccccc2OC)C1)N(C)Cc1ccc(OC)cc1OC. The van der Waals surface area contributed by atoms with Crippen LogP contribution in [0.15, 0.2) is 47.5 Å². The van der Waals surface area contributed by atoms with Crippen LogP contribution >= 0.6 is 0 Å². The minimum absolute atomic E-state index is 0.547. The van der Waals surface area contributed by atoms with E-state index < -0.39 is 0 Å². The van der Waals surface area contributed by atoms with Crippen LogP contribution in [-0.4, -0.2) is 65.9 Å². The van der Waals surface area contributed by atoms with Gasteiger partial charge in [0.25, 0.3) is 0 Å². The van der Waals surface area contributed by atoms with E-state index in [1.165, 1.54) is 5.69 Å². The number of nitrogens with zero attached hydrogens (tertiary/aromatic N) is 3. The zero-order valence-corrected chi connectivity index (χ0v) is 19.2. The van der Waals surface area contributed by atoms with E-state index in [-0.39, 0.29) is 0 Å². The number of nitrogens with one attached hydrogen (secondary N) is 1. The Hall–Kier alpha value is -3.09. The largest absolute Gasteiger partial charge is 0.497 e. The Balaban J connectivity index is 1.56. The van der Waals surface area contributed by atoms with Gasteiger partial charge in [0.2, 0.25) is 0 Å². The molecule has 1 heterocycles. The van der Waals surface area contributed by atoms with Gasteiger partial charge < -0.3 is 29.3 Å². The third-order valence-electron chi connectivity index (χ3n) is 5.74. The molecule has 0 bridgehead atoms. The van der Waals surface area contributed by atoms with Crippen LogP contribution in [0.3, 0.4) is 0 Å². The summed E-state index contributed by atoms with van der Waals surface area (Å²) in [6, 6.07) is 14.1. The molecule has 3 rings (SSSR count). The van der Waals surface area contributed by atoms with Crippen molar-refractivity contribution in [3.8, 4) is 17.2 Å². The van der Waals surface area contributed by atoms with Gasteiger partial charge in [0.15, 0.2) is 5.96 Å². The Morgan fingerprint density at radius 2 is 1.87 bits per heavy atom. The van der Waals surface area contributed by atoms with Gasteiger partial charge in [-0.25, -0.2) is 0 Å². The van der Waals surface area contributed by atoms with Gasteiger partial charge in [-0.15, -0.1) is 0 Å². The summed E-state index contributed by atoms with van der Waals surface area (Å²) in [5.41, 5.74) is 2.25. The molecule has 1 fully saturated rings. The van der Waals surface area contributed by atoms with Crippen molar-refractivity contribution >= 4 is 11.6 Å². The first kappa shape index (κ1) is 22.6. The van der Waals surface area contributed by atoms with Crippen molar-refractivity contribution in [2.75, 3.05) is 60.0 Å². The highest BCUT2D eigenvalue weighted by atomic mass is 16.5. The summed E-state index contributed by atoms with van der Waals surface area (Å²) in [5.74, 6) is 3.94. The average Bonchev–Trinajstić information content (AvgIpc) is 3.28. The normalized spacial score (nSPS) is 16.2. The van der Waals surface area contributed by atoms with Crippen molar-refractivity contribution in [1.82, 2.24) is 10.2 Å². The van der Waals surface area contributed by atoms with E-state index in [1.54, 1.807) is 21.3 Å². The number of hydrogen-bond acceptors (Lipinski definition) is 5. The maximum absolute atomic E-state index is 5.53. The lowest BCUT2D eigenvalue weighted by Gasteiger charge is -2.25. The Morgan fingerprint density at radius 3 is 2.58 bits per heavy atom. The first-order valence-electron chi connectivity index (χ1n) is 10.6. The quantitative estimate of drug-likeness (QED) is 0.517. The molecular weight excluding hydrogens is 392 g/mol. The molecule has 0 amide bonds. The molecule has 0 aromatic heterocycles. The van der Waals surface area contributed by atoms with Gasteiger partial charge in [0.05, 0.1) is 27.0 Å². The predicted octanol–water partition coefficient (Wildman–Crippen LogP) is 3.25. The molecule has 1 aliphatic heterocycles. The smallest absolute Gasteiger partial charge is 0.193 e. The summed E-state index contributed by atoms with van der Waals surface area (Å²) in [5, 5.41) is 3.54. The van der Waals surface area contributed by atoms with Gasteiger partial charge in [0.1, 0.15) is 17.2 Å². The third-order valence-corrected chi connectivity index (χ3v) is 5.74. The molecule has 0 radical (unpaired) electrons. The first-order valence-corrected chi connectivity index (χ1v) is 10.6. The summed E-state index contributed by atoms with van der Waals surface area (Å²) < 4.78 is 16.4. The van der Waals surface area contributed by atoms with Crippen molar-refractivity contribution in [1.29, 1.82) is 0 Å². The molecule has 2 aromatic carbocycles. The molecule has 1 saturated heterocycles. The fourth-order valence-electron chi connectivity index (χ4n) is 4.04. The van der Waals surface area contributed by atoms with Crippen molar-refractivity contribution in [2.45, 2.75) is 13.0 Å². The molecule has 0 spiro atoms. The zero-order valence-electron chi connectivity index (χ0n) is 19.2. The lowest BCUT2D eigenvalue weighted by molar-refractivity contribution is 0.382. The number of para-hydroxylation sites is 2. The monoisotopic (exact) mass is 426 g/mol. The number of rotatable bonds is 8. The molecule has 1 N–H and O–H groups in total. The predicted molar refractivity (Wildman–Crippen MR) is 126 cm³/mol. The number of anilines is 1. The minimum Gasteiger partial charge on any atom is -0.497 e. The molecule has 0 aliphatic carbocycles. The summed E-state index contributed by atoms with van der Waals surface area (Å²) >= 11 is 0. The van der Waals surface area contributed by atoms with E-state index in [0.717, 1.165) is 54.8 Å². The van der Waals surface area contributed by atoms with E-state index in [0.29, 0.717) is 12.5 Å². The van der Waals surface area contributed by atoms with Gasteiger partial charge >= 0.3 is 0 Å². The van der Waals surface area contributed by atoms with E-state index in [1.807, 2.05) is 44.4 Å². The van der Waals surface area contributed by atoms with Crippen LogP contribution in [0.4, 0.5) is 5.69 Å². The highest BCUT2D eigenvalue weighted by Gasteiger charge is 2.25. The average molecular weight is 427 g/mol. The first-order chi connectivity index (χ1) is 15.1. The summed E-state index contributed by atoms with van der Waals surface area (Å²) in [4.78, 5) is 8.98. The Labute approximate surface area is 185 Å². The van der Waals surface area contributed by atoms with E-state index in [2.05, 4.69) is 32.2 Å². The van der Waals surface area contributed by atoms with Gasteiger partial charge in [-0.1, -0.05) is 12.1 Å². The number of aliphatic imine (C=N–C) groups is 1. The Morgan fingerprint density at radius 1 is 1.10 bits per heavy atom. The number of guanidine groups is 1. The van der Waals surface area contributed by atoms with Gasteiger partial charge in [0, 0.05) is 51.9 Å². The molecule has 7 heteroatoms. The van der Waals surface area contributed by atoms with Crippen molar-refractivity contribution in [3.63, 3.8) is 0 Å². The Bertz CT molecular complexity index is 887.